The minimum Gasteiger partial charge on any atom is -0.249 e. The average molecular weight is 283 g/mol. The molecule has 19 heavy (non-hydrogen) atoms. The van der Waals surface area contributed by atoms with Crippen molar-refractivity contribution in [3.8, 4) is 0 Å². The Morgan fingerprint density at radius 1 is 1.16 bits per heavy atom. The molecule has 0 unspecified atom stereocenters. The van der Waals surface area contributed by atoms with Crippen LogP contribution >= 0.6 is 11.8 Å². The summed E-state index contributed by atoms with van der Waals surface area (Å²) in [6.45, 7) is 5.63. The number of rotatable bonds is 11. The van der Waals surface area contributed by atoms with Crippen molar-refractivity contribution in [1.29, 1.82) is 0 Å². The Bertz CT molecular complexity index is 323. The van der Waals surface area contributed by atoms with Crippen molar-refractivity contribution in [3.05, 3.63) is 11.9 Å². The number of aryl methyl sites for hydroxylation is 2. The van der Waals surface area contributed by atoms with E-state index < -0.39 is 0 Å². The van der Waals surface area contributed by atoms with E-state index in [2.05, 4.69) is 35.1 Å². The van der Waals surface area contributed by atoms with Crippen LogP contribution in [-0.4, -0.2) is 27.0 Å². The normalized spacial score (nSPS) is 11.4. The molecule has 0 atom stereocenters. The van der Waals surface area contributed by atoms with Crippen molar-refractivity contribution >= 4 is 11.8 Å². The highest BCUT2D eigenvalue weighted by Crippen LogP contribution is 2.11. The van der Waals surface area contributed by atoms with E-state index in [0.29, 0.717) is 0 Å². The quantitative estimate of drug-likeness (QED) is 0.571. The van der Waals surface area contributed by atoms with E-state index >= 15 is 0 Å². The highest BCUT2D eigenvalue weighted by molar-refractivity contribution is 7.98. The molecule has 4 heteroatoms. The molecule has 0 aliphatic carbocycles. The van der Waals surface area contributed by atoms with Gasteiger partial charge in [0.1, 0.15) is 0 Å². The fourth-order valence-electron chi connectivity index (χ4n) is 2.20. The predicted molar refractivity (Wildman–Crippen MR) is 84.6 cm³/mol. The number of hydrogen-bond donors (Lipinski definition) is 0. The van der Waals surface area contributed by atoms with Crippen LogP contribution in [0.15, 0.2) is 6.20 Å². The van der Waals surface area contributed by atoms with Crippen molar-refractivity contribution in [3.63, 3.8) is 0 Å². The Labute approximate surface area is 122 Å². The summed E-state index contributed by atoms with van der Waals surface area (Å²) in [7, 11) is 0. The molecule has 0 spiro atoms. The summed E-state index contributed by atoms with van der Waals surface area (Å²) in [5, 5.41) is 8.26. The third-order valence-electron chi connectivity index (χ3n) is 3.38. The zero-order valence-electron chi connectivity index (χ0n) is 12.8. The number of nitrogens with zero attached hydrogens (tertiary/aromatic N) is 3. The molecule has 1 aromatic rings. The maximum atomic E-state index is 4.20. The summed E-state index contributed by atoms with van der Waals surface area (Å²) in [6.07, 6.45) is 13.0. The standard InChI is InChI=1S/C15H29N3S/c1-14(2)9-5-4-6-10-15-13-16-17-18(15)11-7-8-12-19-3/h13-14H,4-12H2,1-3H3. The van der Waals surface area contributed by atoms with E-state index in [-0.39, 0.29) is 0 Å². The monoisotopic (exact) mass is 283 g/mol. The van der Waals surface area contributed by atoms with Crippen LogP contribution in [-0.2, 0) is 13.0 Å². The van der Waals surface area contributed by atoms with Gasteiger partial charge in [0.05, 0.1) is 11.9 Å². The zero-order valence-corrected chi connectivity index (χ0v) is 13.6. The van der Waals surface area contributed by atoms with Gasteiger partial charge in [0.15, 0.2) is 0 Å². The molecule has 0 radical (unpaired) electrons. The molecule has 1 rings (SSSR count). The summed E-state index contributed by atoms with van der Waals surface area (Å²) in [6, 6.07) is 0. The van der Waals surface area contributed by atoms with Crippen LogP contribution in [0.25, 0.3) is 0 Å². The van der Waals surface area contributed by atoms with Gasteiger partial charge in [0.2, 0.25) is 0 Å². The number of unbranched alkanes of at least 4 members (excludes halogenated alkanes) is 3. The number of thioether (sulfide) groups is 1. The highest BCUT2D eigenvalue weighted by Gasteiger charge is 2.03. The first kappa shape index (κ1) is 16.5. The molecule has 0 bridgehead atoms. The van der Waals surface area contributed by atoms with Crippen LogP contribution in [0.2, 0.25) is 0 Å². The van der Waals surface area contributed by atoms with Crippen LogP contribution in [0.1, 0.15) is 58.1 Å². The van der Waals surface area contributed by atoms with Gasteiger partial charge in [-0.2, -0.15) is 11.8 Å². The molecule has 1 heterocycles. The molecule has 110 valence electrons. The Balaban J connectivity index is 2.17. The molecule has 0 aliphatic heterocycles. The summed E-state index contributed by atoms with van der Waals surface area (Å²) in [5.74, 6) is 2.09. The second-order valence-corrected chi connectivity index (χ2v) is 6.63. The van der Waals surface area contributed by atoms with E-state index in [0.717, 1.165) is 18.9 Å². The largest absolute Gasteiger partial charge is 0.249 e. The fraction of sp³-hybridized carbons (Fsp3) is 0.867. The van der Waals surface area contributed by atoms with Crippen LogP contribution < -0.4 is 0 Å². The molecular weight excluding hydrogens is 254 g/mol. The molecule has 0 aromatic carbocycles. The Kier molecular flexibility index (Phi) is 8.97. The summed E-state index contributed by atoms with van der Waals surface area (Å²) in [5.41, 5.74) is 1.31. The van der Waals surface area contributed by atoms with E-state index in [4.69, 9.17) is 0 Å². The number of aromatic nitrogens is 3. The van der Waals surface area contributed by atoms with Gasteiger partial charge in [-0.25, -0.2) is 4.68 Å². The summed E-state index contributed by atoms with van der Waals surface area (Å²) in [4.78, 5) is 0. The van der Waals surface area contributed by atoms with Crippen molar-refractivity contribution in [1.82, 2.24) is 15.0 Å². The van der Waals surface area contributed by atoms with Crippen LogP contribution in [0, 0.1) is 5.92 Å². The van der Waals surface area contributed by atoms with Gasteiger partial charge in [-0.15, -0.1) is 5.10 Å². The van der Waals surface area contributed by atoms with Gasteiger partial charge in [-0.1, -0.05) is 38.3 Å². The van der Waals surface area contributed by atoms with Crippen molar-refractivity contribution in [2.75, 3.05) is 12.0 Å². The smallest absolute Gasteiger partial charge is 0.0725 e. The van der Waals surface area contributed by atoms with E-state index in [1.165, 1.54) is 50.0 Å². The summed E-state index contributed by atoms with van der Waals surface area (Å²) < 4.78 is 2.10. The lowest BCUT2D eigenvalue weighted by atomic mass is 10.0. The average Bonchev–Trinajstić information content (AvgIpc) is 2.81. The molecule has 0 amide bonds. The lowest BCUT2D eigenvalue weighted by Gasteiger charge is -2.07. The first-order chi connectivity index (χ1) is 9.24. The maximum Gasteiger partial charge on any atom is 0.0725 e. The molecule has 0 saturated carbocycles. The van der Waals surface area contributed by atoms with Crippen molar-refractivity contribution < 1.29 is 0 Å². The maximum absolute atomic E-state index is 4.20. The molecule has 0 N–H and O–H groups in total. The van der Waals surface area contributed by atoms with Gasteiger partial charge in [-0.05, 0) is 43.6 Å². The molecular formula is C15H29N3S. The second-order valence-electron chi connectivity index (χ2n) is 5.64. The van der Waals surface area contributed by atoms with E-state index in [1.807, 2.05) is 18.0 Å². The fourth-order valence-corrected chi connectivity index (χ4v) is 2.70. The Morgan fingerprint density at radius 2 is 2.00 bits per heavy atom. The van der Waals surface area contributed by atoms with E-state index in [9.17, 15) is 0 Å². The van der Waals surface area contributed by atoms with Crippen molar-refractivity contribution in [2.24, 2.45) is 5.92 Å². The lowest BCUT2D eigenvalue weighted by molar-refractivity contribution is 0.507. The highest BCUT2D eigenvalue weighted by atomic mass is 32.2. The van der Waals surface area contributed by atoms with Gasteiger partial charge < -0.3 is 0 Å². The Morgan fingerprint density at radius 3 is 2.74 bits per heavy atom. The molecule has 0 fully saturated rings. The zero-order chi connectivity index (χ0) is 13.9. The van der Waals surface area contributed by atoms with Gasteiger partial charge >= 0.3 is 0 Å². The Hall–Kier alpha value is -0.510. The first-order valence-electron chi connectivity index (χ1n) is 7.60. The van der Waals surface area contributed by atoms with Gasteiger partial charge in [0, 0.05) is 6.54 Å². The first-order valence-corrected chi connectivity index (χ1v) is 8.99. The van der Waals surface area contributed by atoms with Crippen molar-refractivity contribution in [2.45, 2.75) is 65.3 Å². The SMILES string of the molecule is CSCCCCn1nncc1CCCCCC(C)C. The topological polar surface area (TPSA) is 30.7 Å². The molecule has 3 nitrogen and oxygen atoms in total. The summed E-state index contributed by atoms with van der Waals surface area (Å²) >= 11 is 1.92. The van der Waals surface area contributed by atoms with Crippen LogP contribution in [0.4, 0.5) is 0 Å². The lowest BCUT2D eigenvalue weighted by Crippen LogP contribution is -2.06. The van der Waals surface area contributed by atoms with Gasteiger partial charge in [-0.3, -0.25) is 0 Å². The number of hydrogen-bond acceptors (Lipinski definition) is 3. The minimum atomic E-state index is 0.837. The third kappa shape index (κ3) is 7.61. The minimum absolute atomic E-state index is 0.837. The molecule has 0 aliphatic rings. The second kappa shape index (κ2) is 10.3. The van der Waals surface area contributed by atoms with Crippen LogP contribution in [0.5, 0.6) is 0 Å². The molecule has 0 saturated heterocycles. The molecule has 1 aromatic heterocycles. The van der Waals surface area contributed by atoms with Gasteiger partial charge in [0.25, 0.3) is 0 Å². The van der Waals surface area contributed by atoms with E-state index in [1.54, 1.807) is 0 Å². The van der Waals surface area contributed by atoms with Crippen LogP contribution in [0.3, 0.4) is 0 Å². The third-order valence-corrected chi connectivity index (χ3v) is 4.08. The predicted octanol–water partition coefficient (Wildman–Crippen LogP) is 4.18.